The molecule has 0 saturated carbocycles. The van der Waals surface area contributed by atoms with Gasteiger partial charge in [0.05, 0.1) is 25.4 Å². The summed E-state index contributed by atoms with van der Waals surface area (Å²) in [6.07, 6.45) is 7.80. The molecule has 5 nitrogen and oxygen atoms in total. The Morgan fingerprint density at radius 1 is 1.17 bits per heavy atom. The molecule has 5 rings (SSSR count). The molecule has 2 amide bonds. The highest BCUT2D eigenvalue weighted by Crippen LogP contribution is 2.43. The minimum atomic E-state index is -0.0808. The Balaban J connectivity index is 1.57. The van der Waals surface area contributed by atoms with Crippen molar-refractivity contribution in [2.24, 2.45) is 0 Å². The lowest BCUT2D eigenvalue weighted by molar-refractivity contribution is 0.181. The van der Waals surface area contributed by atoms with Crippen molar-refractivity contribution in [2.75, 3.05) is 12.4 Å². The summed E-state index contributed by atoms with van der Waals surface area (Å²) >= 11 is 1.92. The molecule has 0 radical (unpaired) electrons. The Morgan fingerprint density at radius 3 is 2.83 bits per heavy atom. The molecule has 6 heteroatoms. The van der Waals surface area contributed by atoms with Gasteiger partial charge >= 0.3 is 6.03 Å². The highest BCUT2D eigenvalue weighted by Gasteiger charge is 2.34. The monoisotopic (exact) mass is 421 g/mol. The predicted octanol–water partition coefficient (Wildman–Crippen LogP) is 5.93. The molecule has 156 valence electrons. The summed E-state index contributed by atoms with van der Waals surface area (Å²) in [4.78, 5) is 17.1. The summed E-state index contributed by atoms with van der Waals surface area (Å²) in [5.41, 5.74) is 4.70. The van der Waals surface area contributed by atoms with Gasteiger partial charge in [-0.15, -0.1) is 11.3 Å². The normalized spacial score (nSPS) is 17.5. The average molecular weight is 422 g/mol. The molecule has 3 aromatic rings. The summed E-state index contributed by atoms with van der Waals surface area (Å²) in [5, 5.41) is 4.40. The van der Waals surface area contributed by atoms with Crippen LogP contribution < -0.4 is 10.1 Å². The number of thiophene rings is 1. The number of nitrogens with one attached hydrogen (secondary N) is 1. The van der Waals surface area contributed by atoms with E-state index in [1.807, 2.05) is 40.5 Å². The topological polar surface area (TPSA) is 46.5 Å². The van der Waals surface area contributed by atoms with Crippen molar-refractivity contribution in [1.29, 1.82) is 0 Å². The Hall–Kier alpha value is -2.73. The maximum atomic E-state index is 13.5. The van der Waals surface area contributed by atoms with Crippen LogP contribution in [0.5, 0.6) is 5.75 Å². The van der Waals surface area contributed by atoms with Crippen molar-refractivity contribution in [1.82, 2.24) is 9.47 Å². The number of aryl methyl sites for hydroxylation is 1. The average Bonchev–Trinajstić information content (AvgIpc) is 3.36. The van der Waals surface area contributed by atoms with E-state index in [1.54, 1.807) is 7.11 Å². The molecule has 0 unspecified atom stereocenters. The van der Waals surface area contributed by atoms with Crippen LogP contribution in [-0.4, -0.2) is 22.6 Å². The molecular weight excluding hydrogens is 394 g/mol. The van der Waals surface area contributed by atoms with E-state index in [2.05, 4.69) is 35.1 Å². The number of rotatable bonds is 3. The number of benzene rings is 1. The third-order valence-electron chi connectivity index (χ3n) is 6.30. The molecule has 1 atom stereocenters. The third-order valence-corrected chi connectivity index (χ3v) is 7.63. The molecule has 2 aromatic heterocycles. The first-order valence-electron chi connectivity index (χ1n) is 10.7. The molecule has 1 aromatic carbocycles. The number of hydrogen-bond acceptors (Lipinski definition) is 3. The van der Waals surface area contributed by atoms with Gasteiger partial charge in [-0.1, -0.05) is 19.1 Å². The van der Waals surface area contributed by atoms with Gasteiger partial charge in [-0.25, -0.2) is 4.79 Å². The largest absolute Gasteiger partial charge is 0.495 e. The highest BCUT2D eigenvalue weighted by atomic mass is 32.1. The van der Waals surface area contributed by atoms with Crippen LogP contribution >= 0.6 is 11.3 Å². The number of nitrogens with zero attached hydrogens (tertiary/aromatic N) is 2. The SMILES string of the molecule is CC[C@H]1c2cccn2-c2sc3c(c2CN1C(=O)Nc1ccccc1OC)CCCC3. The predicted molar refractivity (Wildman–Crippen MR) is 121 cm³/mol. The van der Waals surface area contributed by atoms with Crippen LogP contribution in [0, 0.1) is 0 Å². The van der Waals surface area contributed by atoms with Crippen LogP contribution in [0.3, 0.4) is 0 Å². The van der Waals surface area contributed by atoms with E-state index in [0.717, 1.165) is 19.3 Å². The number of amides is 2. The van der Waals surface area contributed by atoms with Gasteiger partial charge in [0.1, 0.15) is 10.8 Å². The minimum Gasteiger partial charge on any atom is -0.495 e. The quantitative estimate of drug-likeness (QED) is 0.570. The summed E-state index contributed by atoms with van der Waals surface area (Å²) in [5.74, 6) is 0.672. The molecule has 2 aliphatic rings. The third kappa shape index (κ3) is 3.10. The van der Waals surface area contributed by atoms with Crippen molar-refractivity contribution < 1.29 is 9.53 Å². The Morgan fingerprint density at radius 2 is 2.00 bits per heavy atom. The van der Waals surface area contributed by atoms with Crippen LogP contribution in [-0.2, 0) is 19.4 Å². The van der Waals surface area contributed by atoms with E-state index >= 15 is 0 Å². The first kappa shape index (κ1) is 19.2. The molecule has 0 fully saturated rings. The lowest BCUT2D eigenvalue weighted by Gasteiger charge is -2.30. The Bertz CT molecular complexity index is 1080. The smallest absolute Gasteiger partial charge is 0.322 e. The number of anilines is 1. The van der Waals surface area contributed by atoms with Crippen LogP contribution in [0.15, 0.2) is 42.6 Å². The highest BCUT2D eigenvalue weighted by molar-refractivity contribution is 7.15. The van der Waals surface area contributed by atoms with Gasteiger partial charge in [-0.05, 0) is 61.9 Å². The Labute approximate surface area is 181 Å². The number of methoxy groups -OCH3 is 1. The van der Waals surface area contributed by atoms with Crippen molar-refractivity contribution in [2.45, 2.75) is 51.6 Å². The van der Waals surface area contributed by atoms with Crippen LogP contribution in [0.1, 0.15) is 53.9 Å². The summed E-state index contributed by atoms with van der Waals surface area (Å²) in [6, 6.07) is 11.8. The van der Waals surface area contributed by atoms with Gasteiger partial charge < -0.3 is 19.5 Å². The van der Waals surface area contributed by atoms with Gasteiger partial charge in [0, 0.05) is 22.3 Å². The molecule has 0 spiro atoms. The second kappa shape index (κ2) is 7.84. The zero-order chi connectivity index (χ0) is 20.7. The molecule has 3 heterocycles. The number of urea groups is 1. The lowest BCUT2D eigenvalue weighted by Crippen LogP contribution is -2.37. The lowest BCUT2D eigenvalue weighted by atomic mass is 9.95. The van der Waals surface area contributed by atoms with Crippen LogP contribution in [0.2, 0.25) is 0 Å². The maximum Gasteiger partial charge on any atom is 0.322 e. The first-order valence-corrected chi connectivity index (χ1v) is 11.5. The fourth-order valence-corrected chi connectivity index (χ4v) is 6.25. The molecule has 1 aliphatic carbocycles. The minimum absolute atomic E-state index is 0.0218. The number of ether oxygens (including phenoxy) is 1. The van der Waals surface area contributed by atoms with Gasteiger partial charge in [0.25, 0.3) is 0 Å². The van der Waals surface area contributed by atoms with E-state index in [1.165, 1.54) is 39.5 Å². The van der Waals surface area contributed by atoms with E-state index < -0.39 is 0 Å². The number of hydrogen-bond donors (Lipinski definition) is 1. The van der Waals surface area contributed by atoms with E-state index in [0.29, 0.717) is 18.0 Å². The molecule has 30 heavy (non-hydrogen) atoms. The van der Waals surface area contributed by atoms with Crippen molar-refractivity contribution in [3.8, 4) is 10.8 Å². The molecule has 1 aliphatic heterocycles. The van der Waals surface area contributed by atoms with E-state index in [4.69, 9.17) is 4.74 Å². The molecular formula is C24H27N3O2S. The van der Waals surface area contributed by atoms with E-state index in [-0.39, 0.29) is 12.1 Å². The van der Waals surface area contributed by atoms with Crippen LogP contribution in [0.25, 0.3) is 5.00 Å². The fraction of sp³-hybridized carbons (Fsp3) is 0.375. The molecule has 1 N–H and O–H groups in total. The van der Waals surface area contributed by atoms with Gasteiger partial charge in [0.2, 0.25) is 0 Å². The van der Waals surface area contributed by atoms with E-state index in [9.17, 15) is 4.79 Å². The first-order chi connectivity index (χ1) is 14.7. The van der Waals surface area contributed by atoms with Crippen molar-refractivity contribution in [3.05, 3.63) is 64.3 Å². The number of aromatic nitrogens is 1. The second-order valence-electron chi connectivity index (χ2n) is 7.98. The standard InChI is InChI=1S/C24H27N3O2S/c1-3-19-20-11-8-14-26(20)23-17(16-9-4-7-13-22(16)30-23)15-27(19)24(28)25-18-10-5-6-12-21(18)29-2/h5-6,8,10-12,14,19H,3-4,7,9,13,15H2,1-2H3,(H,25,28)/t19-/m0/s1. The summed E-state index contributed by atoms with van der Waals surface area (Å²) in [7, 11) is 1.63. The zero-order valence-corrected chi connectivity index (χ0v) is 18.3. The number of carbonyl (C=O) groups excluding carboxylic acids is 1. The fourth-order valence-electron chi connectivity index (χ4n) is 4.84. The van der Waals surface area contributed by atoms with Crippen molar-refractivity contribution >= 4 is 23.1 Å². The molecule has 0 saturated heterocycles. The number of fused-ring (bicyclic) bond motifs is 5. The van der Waals surface area contributed by atoms with Gasteiger partial charge in [-0.2, -0.15) is 0 Å². The summed E-state index contributed by atoms with van der Waals surface area (Å²) in [6.45, 7) is 2.79. The van der Waals surface area contributed by atoms with Gasteiger partial charge in [-0.3, -0.25) is 0 Å². The summed E-state index contributed by atoms with van der Waals surface area (Å²) < 4.78 is 7.76. The van der Waals surface area contributed by atoms with Crippen molar-refractivity contribution in [3.63, 3.8) is 0 Å². The Kier molecular flexibility index (Phi) is 5.03. The maximum absolute atomic E-state index is 13.5. The molecule has 0 bridgehead atoms. The second-order valence-corrected chi connectivity index (χ2v) is 9.06. The van der Waals surface area contributed by atoms with Gasteiger partial charge in [0.15, 0.2) is 0 Å². The zero-order valence-electron chi connectivity index (χ0n) is 17.5. The number of para-hydroxylation sites is 2. The van der Waals surface area contributed by atoms with Crippen LogP contribution in [0.4, 0.5) is 10.5 Å². The number of carbonyl (C=O) groups is 1.